The van der Waals surface area contributed by atoms with E-state index in [1.165, 1.54) is 0 Å². The highest BCUT2D eigenvalue weighted by molar-refractivity contribution is 5.93. The second-order valence-corrected chi connectivity index (χ2v) is 4.06. The van der Waals surface area contributed by atoms with Gasteiger partial charge in [-0.15, -0.1) is 0 Å². The zero-order chi connectivity index (χ0) is 11.5. The zero-order valence-electron chi connectivity index (χ0n) is 9.39. The largest absolute Gasteiger partial charge is 0.366 e. The summed E-state index contributed by atoms with van der Waals surface area (Å²) in [6.07, 6.45) is 1.63. The lowest BCUT2D eigenvalue weighted by atomic mass is 10.2. The molecule has 1 aliphatic rings. The van der Waals surface area contributed by atoms with Crippen molar-refractivity contribution in [3.8, 4) is 0 Å². The fourth-order valence-electron chi connectivity index (χ4n) is 1.78. The van der Waals surface area contributed by atoms with Crippen molar-refractivity contribution in [1.29, 1.82) is 0 Å². The van der Waals surface area contributed by atoms with Crippen LogP contribution < -0.4 is 10.6 Å². The number of rotatable bonds is 2. The summed E-state index contributed by atoms with van der Waals surface area (Å²) in [5.41, 5.74) is 5.76. The standard InChI is InChI=1S/C11H16N4O/c1-14-4-6-15(7-5-14)10-8-9(11(12)16)2-3-13-10/h2-3,8H,4-7H2,1H3,(H2,12,16). The first-order valence-electron chi connectivity index (χ1n) is 5.36. The Morgan fingerprint density at radius 1 is 1.38 bits per heavy atom. The van der Waals surface area contributed by atoms with Gasteiger partial charge in [0.1, 0.15) is 5.82 Å². The molecule has 2 N–H and O–H groups in total. The number of aromatic nitrogens is 1. The lowest BCUT2D eigenvalue weighted by molar-refractivity contribution is 0.1000. The van der Waals surface area contributed by atoms with E-state index in [-0.39, 0.29) is 0 Å². The van der Waals surface area contributed by atoms with Crippen molar-refractivity contribution in [2.75, 3.05) is 38.1 Å². The van der Waals surface area contributed by atoms with Gasteiger partial charge in [-0.05, 0) is 19.2 Å². The molecule has 2 heterocycles. The van der Waals surface area contributed by atoms with Crippen molar-refractivity contribution < 1.29 is 4.79 Å². The number of hydrogen-bond donors (Lipinski definition) is 1. The summed E-state index contributed by atoms with van der Waals surface area (Å²) >= 11 is 0. The maximum Gasteiger partial charge on any atom is 0.248 e. The van der Waals surface area contributed by atoms with Crippen LogP contribution in [0.3, 0.4) is 0 Å². The van der Waals surface area contributed by atoms with Gasteiger partial charge in [0.25, 0.3) is 0 Å². The highest BCUT2D eigenvalue weighted by atomic mass is 16.1. The summed E-state index contributed by atoms with van der Waals surface area (Å²) in [5.74, 6) is 0.433. The predicted octanol–water partition coefficient (Wildman–Crippen LogP) is -0.0677. The minimum Gasteiger partial charge on any atom is -0.366 e. The van der Waals surface area contributed by atoms with Crippen LogP contribution >= 0.6 is 0 Å². The lowest BCUT2D eigenvalue weighted by Gasteiger charge is -2.33. The molecule has 1 aromatic heterocycles. The Balaban J connectivity index is 2.14. The van der Waals surface area contributed by atoms with Crippen LogP contribution in [0.25, 0.3) is 0 Å². The molecule has 1 aliphatic heterocycles. The molecule has 16 heavy (non-hydrogen) atoms. The summed E-state index contributed by atoms with van der Waals surface area (Å²) in [5, 5.41) is 0. The minimum absolute atomic E-state index is 0.405. The number of carbonyl (C=O) groups excluding carboxylic acids is 1. The number of amides is 1. The van der Waals surface area contributed by atoms with Gasteiger partial charge in [0, 0.05) is 37.9 Å². The number of nitrogens with zero attached hydrogens (tertiary/aromatic N) is 3. The number of primary amides is 1. The third kappa shape index (κ3) is 2.30. The van der Waals surface area contributed by atoms with Gasteiger partial charge in [-0.2, -0.15) is 0 Å². The molecule has 1 saturated heterocycles. The molecule has 1 fully saturated rings. The third-order valence-electron chi connectivity index (χ3n) is 2.86. The number of carbonyl (C=O) groups is 1. The first-order chi connectivity index (χ1) is 7.66. The van der Waals surface area contributed by atoms with Gasteiger partial charge in [-0.1, -0.05) is 0 Å². The van der Waals surface area contributed by atoms with Crippen molar-refractivity contribution in [1.82, 2.24) is 9.88 Å². The van der Waals surface area contributed by atoms with Crippen LogP contribution in [0.2, 0.25) is 0 Å². The smallest absolute Gasteiger partial charge is 0.248 e. The topological polar surface area (TPSA) is 62.5 Å². The molecule has 0 bridgehead atoms. The van der Waals surface area contributed by atoms with Crippen molar-refractivity contribution in [2.24, 2.45) is 5.73 Å². The molecule has 0 atom stereocenters. The molecule has 0 unspecified atom stereocenters. The van der Waals surface area contributed by atoms with E-state index in [0.717, 1.165) is 32.0 Å². The second kappa shape index (κ2) is 4.49. The maximum atomic E-state index is 11.1. The van der Waals surface area contributed by atoms with Gasteiger partial charge in [0.2, 0.25) is 5.91 Å². The maximum absolute atomic E-state index is 11.1. The van der Waals surface area contributed by atoms with Crippen molar-refractivity contribution >= 4 is 11.7 Å². The Labute approximate surface area is 94.9 Å². The average molecular weight is 220 g/mol. The van der Waals surface area contributed by atoms with Crippen LogP contribution in [0.4, 0.5) is 5.82 Å². The summed E-state index contributed by atoms with van der Waals surface area (Å²) in [6, 6.07) is 3.40. The van der Waals surface area contributed by atoms with E-state index in [4.69, 9.17) is 5.73 Å². The SMILES string of the molecule is CN1CCN(c2cc(C(N)=O)ccn2)CC1. The van der Waals surface area contributed by atoms with E-state index in [2.05, 4.69) is 21.8 Å². The molecule has 0 aliphatic carbocycles. The second-order valence-electron chi connectivity index (χ2n) is 4.06. The molecule has 2 rings (SSSR count). The number of anilines is 1. The first kappa shape index (κ1) is 10.9. The number of piperazine rings is 1. The molecule has 5 heteroatoms. The highest BCUT2D eigenvalue weighted by Gasteiger charge is 2.15. The summed E-state index contributed by atoms with van der Waals surface area (Å²) in [4.78, 5) is 19.8. The van der Waals surface area contributed by atoms with Gasteiger partial charge in [0.15, 0.2) is 0 Å². The van der Waals surface area contributed by atoms with Crippen LogP contribution in [0.1, 0.15) is 10.4 Å². The molecule has 0 spiro atoms. The van der Waals surface area contributed by atoms with Gasteiger partial charge in [0.05, 0.1) is 0 Å². The normalized spacial score (nSPS) is 17.4. The lowest BCUT2D eigenvalue weighted by Crippen LogP contribution is -2.44. The number of likely N-dealkylation sites (N-methyl/N-ethyl adjacent to an activating group) is 1. The number of pyridine rings is 1. The summed E-state index contributed by atoms with van der Waals surface area (Å²) in [7, 11) is 2.10. The van der Waals surface area contributed by atoms with Crippen LogP contribution in [0.5, 0.6) is 0 Å². The van der Waals surface area contributed by atoms with Crippen LogP contribution in [0.15, 0.2) is 18.3 Å². The van der Waals surface area contributed by atoms with Gasteiger partial charge in [-0.25, -0.2) is 4.98 Å². The Hall–Kier alpha value is -1.62. The highest BCUT2D eigenvalue weighted by Crippen LogP contribution is 2.14. The average Bonchev–Trinajstić information content (AvgIpc) is 2.30. The van der Waals surface area contributed by atoms with E-state index in [0.29, 0.717) is 5.56 Å². The van der Waals surface area contributed by atoms with Crippen LogP contribution in [-0.4, -0.2) is 49.0 Å². The Morgan fingerprint density at radius 3 is 2.69 bits per heavy atom. The Morgan fingerprint density at radius 2 is 2.06 bits per heavy atom. The van der Waals surface area contributed by atoms with E-state index in [1.807, 2.05) is 0 Å². The van der Waals surface area contributed by atoms with Gasteiger partial charge < -0.3 is 15.5 Å². The molecule has 0 radical (unpaired) electrons. The van der Waals surface area contributed by atoms with E-state index in [1.54, 1.807) is 18.3 Å². The van der Waals surface area contributed by atoms with Gasteiger partial charge >= 0.3 is 0 Å². The zero-order valence-corrected chi connectivity index (χ0v) is 9.39. The molecule has 1 aromatic rings. The van der Waals surface area contributed by atoms with Gasteiger partial charge in [-0.3, -0.25) is 4.79 Å². The monoisotopic (exact) mass is 220 g/mol. The van der Waals surface area contributed by atoms with E-state index in [9.17, 15) is 4.79 Å². The Bertz CT molecular complexity index is 385. The molecule has 0 aromatic carbocycles. The molecule has 1 amide bonds. The third-order valence-corrected chi connectivity index (χ3v) is 2.86. The quantitative estimate of drug-likeness (QED) is 0.758. The fourth-order valence-corrected chi connectivity index (χ4v) is 1.78. The minimum atomic E-state index is -0.405. The molecule has 0 saturated carbocycles. The first-order valence-corrected chi connectivity index (χ1v) is 5.36. The molecule has 5 nitrogen and oxygen atoms in total. The molecule has 86 valence electrons. The van der Waals surface area contributed by atoms with Crippen LogP contribution in [-0.2, 0) is 0 Å². The molecular weight excluding hydrogens is 204 g/mol. The van der Waals surface area contributed by atoms with Crippen molar-refractivity contribution in [2.45, 2.75) is 0 Å². The summed E-state index contributed by atoms with van der Waals surface area (Å²) in [6.45, 7) is 3.91. The Kier molecular flexibility index (Phi) is 3.05. The number of nitrogens with two attached hydrogens (primary N) is 1. The van der Waals surface area contributed by atoms with E-state index < -0.39 is 5.91 Å². The van der Waals surface area contributed by atoms with Crippen LogP contribution in [0, 0.1) is 0 Å². The van der Waals surface area contributed by atoms with Crippen molar-refractivity contribution in [3.63, 3.8) is 0 Å². The molecular formula is C11H16N4O. The van der Waals surface area contributed by atoms with Crippen molar-refractivity contribution in [3.05, 3.63) is 23.9 Å². The number of hydrogen-bond acceptors (Lipinski definition) is 4. The predicted molar refractivity (Wildman–Crippen MR) is 62.5 cm³/mol. The van der Waals surface area contributed by atoms with E-state index >= 15 is 0 Å². The summed E-state index contributed by atoms with van der Waals surface area (Å²) < 4.78 is 0. The fraction of sp³-hybridized carbons (Fsp3) is 0.455.